The fraction of sp³-hybridized carbons (Fsp3) is 0.571. The van der Waals surface area contributed by atoms with Crippen LogP contribution < -0.4 is 0 Å². The van der Waals surface area contributed by atoms with E-state index in [0.717, 1.165) is 31.8 Å². The van der Waals surface area contributed by atoms with E-state index in [1.165, 1.54) is 12.8 Å². The van der Waals surface area contributed by atoms with E-state index in [1.54, 1.807) is 13.2 Å². The second-order valence-corrected chi connectivity index (χ2v) is 5.39. The summed E-state index contributed by atoms with van der Waals surface area (Å²) in [4.78, 5) is 2.43. The Morgan fingerprint density at radius 3 is 3.06 bits per heavy atom. The Balaban J connectivity index is 1.93. The highest BCUT2D eigenvalue weighted by Crippen LogP contribution is 2.25. The van der Waals surface area contributed by atoms with Crippen molar-refractivity contribution in [2.45, 2.75) is 19.4 Å². The van der Waals surface area contributed by atoms with Gasteiger partial charge in [-0.05, 0) is 43.0 Å². The Kier molecular flexibility index (Phi) is 4.87. The van der Waals surface area contributed by atoms with E-state index in [0.29, 0.717) is 10.9 Å². The van der Waals surface area contributed by atoms with Gasteiger partial charge < -0.3 is 9.84 Å². The summed E-state index contributed by atoms with van der Waals surface area (Å²) in [5, 5.41) is 9.83. The number of phenolic OH excluding ortho intramolecular Hbond substituents is 1. The first-order valence-electron chi connectivity index (χ1n) is 6.37. The average Bonchev–Trinajstić information content (AvgIpc) is 2.35. The lowest BCUT2D eigenvalue weighted by atomic mass is 9.98. The second kappa shape index (κ2) is 6.41. The van der Waals surface area contributed by atoms with Crippen LogP contribution in [-0.4, -0.2) is 36.8 Å². The van der Waals surface area contributed by atoms with Crippen molar-refractivity contribution in [1.29, 1.82) is 0 Å². The molecule has 0 aliphatic carbocycles. The number of hydrogen-bond acceptors (Lipinski definition) is 3. The molecule has 18 heavy (non-hydrogen) atoms. The van der Waals surface area contributed by atoms with Crippen LogP contribution in [0.15, 0.2) is 18.2 Å². The highest BCUT2D eigenvalue weighted by Gasteiger charge is 2.19. The summed E-state index contributed by atoms with van der Waals surface area (Å²) in [6.07, 6.45) is 2.47. The number of hydrogen-bond donors (Lipinski definition) is 1. The molecule has 1 unspecified atom stereocenters. The van der Waals surface area contributed by atoms with Crippen molar-refractivity contribution < 1.29 is 9.84 Å². The molecule has 0 amide bonds. The Labute approximate surface area is 113 Å². The number of halogens is 1. The molecule has 0 spiro atoms. The molecule has 4 heteroatoms. The highest BCUT2D eigenvalue weighted by atomic mass is 35.5. The van der Waals surface area contributed by atoms with Crippen molar-refractivity contribution in [3.05, 3.63) is 28.8 Å². The fourth-order valence-electron chi connectivity index (χ4n) is 2.57. The molecular weight excluding hydrogens is 250 g/mol. The molecule has 2 rings (SSSR count). The predicted octanol–water partition coefficient (Wildman–Crippen LogP) is 2.90. The standard InChI is InChI=1S/C14H20ClNO2/c1-18-10-12-3-2-6-16(9-12)8-11-4-5-14(17)13(15)7-11/h4-5,7,12,17H,2-3,6,8-10H2,1H3. The monoisotopic (exact) mass is 269 g/mol. The maximum absolute atomic E-state index is 9.40. The fourth-order valence-corrected chi connectivity index (χ4v) is 2.78. The molecule has 3 nitrogen and oxygen atoms in total. The molecule has 1 heterocycles. The van der Waals surface area contributed by atoms with E-state index in [4.69, 9.17) is 16.3 Å². The SMILES string of the molecule is COCC1CCCN(Cc2ccc(O)c(Cl)c2)C1. The summed E-state index contributed by atoms with van der Waals surface area (Å²) in [6, 6.07) is 5.44. The third-order valence-electron chi connectivity index (χ3n) is 3.42. The number of piperidine rings is 1. The van der Waals surface area contributed by atoms with Gasteiger partial charge in [0, 0.05) is 20.2 Å². The van der Waals surface area contributed by atoms with Gasteiger partial charge in [0.2, 0.25) is 0 Å². The Bertz CT molecular complexity index is 395. The molecule has 1 atom stereocenters. The van der Waals surface area contributed by atoms with Crippen LogP contribution in [0, 0.1) is 5.92 Å². The zero-order valence-electron chi connectivity index (χ0n) is 10.7. The molecule has 0 aromatic heterocycles. The van der Waals surface area contributed by atoms with Gasteiger partial charge in [0.25, 0.3) is 0 Å². The summed E-state index contributed by atoms with van der Waals surface area (Å²) in [5.74, 6) is 0.785. The van der Waals surface area contributed by atoms with Crippen molar-refractivity contribution in [2.75, 3.05) is 26.8 Å². The van der Waals surface area contributed by atoms with Gasteiger partial charge in [-0.15, -0.1) is 0 Å². The van der Waals surface area contributed by atoms with Crippen LogP contribution in [0.1, 0.15) is 18.4 Å². The molecule has 0 saturated carbocycles. The third kappa shape index (κ3) is 3.61. The van der Waals surface area contributed by atoms with Gasteiger partial charge in [-0.25, -0.2) is 0 Å². The first-order valence-corrected chi connectivity index (χ1v) is 6.75. The molecule has 0 bridgehead atoms. The summed E-state index contributed by atoms with van der Waals surface area (Å²) < 4.78 is 5.23. The molecule has 1 N–H and O–H groups in total. The normalized spacial score (nSPS) is 21.1. The maximum Gasteiger partial charge on any atom is 0.134 e. The molecule has 1 aliphatic heterocycles. The minimum atomic E-state index is 0.149. The molecule has 1 aromatic rings. The number of likely N-dealkylation sites (tertiary alicyclic amines) is 1. The summed E-state index contributed by atoms with van der Waals surface area (Å²) in [5.41, 5.74) is 1.15. The molecule has 0 radical (unpaired) electrons. The first kappa shape index (κ1) is 13.7. The number of nitrogens with zero attached hydrogens (tertiary/aromatic N) is 1. The average molecular weight is 270 g/mol. The van der Waals surface area contributed by atoms with Gasteiger partial charge in [-0.3, -0.25) is 4.90 Å². The molecule has 1 saturated heterocycles. The van der Waals surface area contributed by atoms with Crippen LogP contribution in [0.3, 0.4) is 0 Å². The van der Waals surface area contributed by atoms with Crippen LogP contribution in [-0.2, 0) is 11.3 Å². The summed E-state index contributed by atoms with van der Waals surface area (Å²) >= 11 is 5.92. The van der Waals surface area contributed by atoms with E-state index in [2.05, 4.69) is 4.90 Å². The molecular formula is C14H20ClNO2. The molecule has 100 valence electrons. The van der Waals surface area contributed by atoms with Gasteiger partial charge in [-0.1, -0.05) is 17.7 Å². The van der Waals surface area contributed by atoms with Crippen LogP contribution in [0.5, 0.6) is 5.75 Å². The second-order valence-electron chi connectivity index (χ2n) is 4.98. The first-order chi connectivity index (χ1) is 8.69. The van der Waals surface area contributed by atoms with Crippen molar-refractivity contribution in [2.24, 2.45) is 5.92 Å². The van der Waals surface area contributed by atoms with Crippen molar-refractivity contribution >= 4 is 11.6 Å². The van der Waals surface area contributed by atoms with Crippen molar-refractivity contribution in [1.82, 2.24) is 4.90 Å². The van der Waals surface area contributed by atoms with Crippen LogP contribution in [0.2, 0.25) is 5.02 Å². The zero-order chi connectivity index (χ0) is 13.0. The van der Waals surface area contributed by atoms with Gasteiger partial charge in [0.1, 0.15) is 5.75 Å². The van der Waals surface area contributed by atoms with Gasteiger partial charge >= 0.3 is 0 Å². The molecule has 1 fully saturated rings. The number of methoxy groups -OCH3 is 1. The quantitative estimate of drug-likeness (QED) is 0.912. The number of phenols is 1. The lowest BCUT2D eigenvalue weighted by molar-refractivity contribution is 0.0874. The maximum atomic E-state index is 9.40. The minimum absolute atomic E-state index is 0.149. The van der Waals surface area contributed by atoms with Crippen LogP contribution >= 0.6 is 11.6 Å². The largest absolute Gasteiger partial charge is 0.506 e. The number of aromatic hydroxyl groups is 1. The predicted molar refractivity (Wildman–Crippen MR) is 73.0 cm³/mol. The summed E-state index contributed by atoms with van der Waals surface area (Å²) in [6.45, 7) is 3.93. The van der Waals surface area contributed by atoms with Crippen molar-refractivity contribution in [3.63, 3.8) is 0 Å². The molecule has 1 aliphatic rings. The van der Waals surface area contributed by atoms with Gasteiger partial charge in [0.05, 0.1) is 11.6 Å². The minimum Gasteiger partial charge on any atom is -0.506 e. The van der Waals surface area contributed by atoms with E-state index in [-0.39, 0.29) is 5.75 Å². The molecule has 1 aromatic carbocycles. The Morgan fingerprint density at radius 2 is 2.33 bits per heavy atom. The van der Waals surface area contributed by atoms with E-state index in [1.807, 2.05) is 12.1 Å². The number of benzene rings is 1. The zero-order valence-corrected chi connectivity index (χ0v) is 11.5. The lowest BCUT2D eigenvalue weighted by Crippen LogP contribution is -2.36. The highest BCUT2D eigenvalue weighted by molar-refractivity contribution is 6.32. The van der Waals surface area contributed by atoms with Crippen LogP contribution in [0.25, 0.3) is 0 Å². The van der Waals surface area contributed by atoms with Gasteiger partial charge in [-0.2, -0.15) is 0 Å². The van der Waals surface area contributed by atoms with Crippen LogP contribution in [0.4, 0.5) is 0 Å². The van der Waals surface area contributed by atoms with E-state index in [9.17, 15) is 5.11 Å². The smallest absolute Gasteiger partial charge is 0.134 e. The Morgan fingerprint density at radius 1 is 1.50 bits per heavy atom. The van der Waals surface area contributed by atoms with E-state index < -0.39 is 0 Å². The lowest BCUT2D eigenvalue weighted by Gasteiger charge is -2.32. The van der Waals surface area contributed by atoms with Gasteiger partial charge in [0.15, 0.2) is 0 Å². The number of rotatable bonds is 4. The van der Waals surface area contributed by atoms with E-state index >= 15 is 0 Å². The van der Waals surface area contributed by atoms with Crippen molar-refractivity contribution in [3.8, 4) is 5.75 Å². The number of ether oxygens (including phenoxy) is 1. The summed E-state index contributed by atoms with van der Waals surface area (Å²) in [7, 11) is 1.76. The third-order valence-corrected chi connectivity index (χ3v) is 3.73. The topological polar surface area (TPSA) is 32.7 Å². The Hall–Kier alpha value is -0.770.